The number of aliphatic hydroxyl groups excluding tert-OH is 1. The number of thiazole rings is 1. The molecule has 6 heteroatoms. The maximum absolute atomic E-state index is 10.7. The monoisotopic (exact) mass is 366 g/mol. The van der Waals surface area contributed by atoms with Crippen molar-refractivity contribution in [2.24, 2.45) is 11.3 Å². The number of nitrogens with zero attached hydrogens (tertiary/aromatic N) is 4. The number of fused-ring (bicyclic) bond motifs is 3. The molecule has 2 aromatic heterocycles. The summed E-state index contributed by atoms with van der Waals surface area (Å²) in [6, 6.07) is 2.21. The van der Waals surface area contributed by atoms with Crippen LogP contribution in [-0.2, 0) is 11.8 Å². The second-order valence-corrected chi connectivity index (χ2v) is 9.19. The van der Waals surface area contributed by atoms with Gasteiger partial charge in [0.1, 0.15) is 5.69 Å². The van der Waals surface area contributed by atoms with Crippen LogP contribution in [-0.4, -0.2) is 26.2 Å². The summed E-state index contributed by atoms with van der Waals surface area (Å²) in [5.41, 5.74) is 2.53. The third-order valence-corrected chi connectivity index (χ3v) is 6.90. The van der Waals surface area contributed by atoms with Crippen LogP contribution >= 0.6 is 11.3 Å². The van der Waals surface area contributed by atoms with Crippen LogP contribution < -0.4 is 0 Å². The highest BCUT2D eigenvalue weighted by atomic mass is 32.1. The number of allylic oxidation sites excluding steroid dienone is 1. The van der Waals surface area contributed by atoms with Crippen molar-refractivity contribution in [3.05, 3.63) is 39.5 Å². The normalized spacial score (nSPS) is 29.3. The minimum atomic E-state index is -0.741. The summed E-state index contributed by atoms with van der Waals surface area (Å²) >= 11 is 1.58. The van der Waals surface area contributed by atoms with Crippen LogP contribution in [0.2, 0.25) is 0 Å². The van der Waals surface area contributed by atoms with Gasteiger partial charge in [0.15, 0.2) is 5.82 Å². The van der Waals surface area contributed by atoms with E-state index >= 15 is 0 Å². The summed E-state index contributed by atoms with van der Waals surface area (Å²) in [7, 11) is 0. The van der Waals surface area contributed by atoms with Gasteiger partial charge in [-0.15, -0.1) is 11.3 Å². The number of aromatic nitrogens is 3. The first-order valence-electron chi connectivity index (χ1n) is 8.87. The van der Waals surface area contributed by atoms with E-state index in [1.807, 2.05) is 24.6 Å². The van der Waals surface area contributed by atoms with Gasteiger partial charge in [0.2, 0.25) is 0 Å². The lowest BCUT2D eigenvalue weighted by Gasteiger charge is -2.53. The van der Waals surface area contributed by atoms with E-state index in [-0.39, 0.29) is 5.92 Å². The molecule has 4 rings (SSSR count). The van der Waals surface area contributed by atoms with E-state index in [0.29, 0.717) is 11.4 Å². The molecule has 0 fully saturated rings. The van der Waals surface area contributed by atoms with Gasteiger partial charge in [0, 0.05) is 17.0 Å². The first kappa shape index (κ1) is 17.3. The minimum Gasteiger partial charge on any atom is -0.387 e. The van der Waals surface area contributed by atoms with Gasteiger partial charge in [0.25, 0.3) is 0 Å². The molecule has 2 aliphatic rings. The molecule has 1 N–H and O–H groups in total. The van der Waals surface area contributed by atoms with Crippen LogP contribution in [0.1, 0.15) is 43.5 Å². The Kier molecular flexibility index (Phi) is 3.80. The van der Waals surface area contributed by atoms with Gasteiger partial charge >= 0.3 is 0 Å². The molecule has 0 saturated carbocycles. The summed E-state index contributed by atoms with van der Waals surface area (Å²) in [6.07, 6.45) is 4.94. The summed E-state index contributed by atoms with van der Waals surface area (Å²) in [5.74, 6) is 0.834. The zero-order chi connectivity index (χ0) is 18.7. The van der Waals surface area contributed by atoms with Gasteiger partial charge in [-0.05, 0) is 36.7 Å². The summed E-state index contributed by atoms with van der Waals surface area (Å²) < 4.78 is 0. The SMILES string of the molecule is Cc1nc(-c2ncc3c(n2)[C@@]2(C)C=C(C#N)C(O)C(C)(C)[C@@H]2CC3)cs1. The number of hydrogen-bond acceptors (Lipinski definition) is 6. The Hall–Kier alpha value is -2.10. The van der Waals surface area contributed by atoms with Gasteiger partial charge in [-0.1, -0.05) is 26.8 Å². The van der Waals surface area contributed by atoms with E-state index in [2.05, 4.69) is 36.8 Å². The first-order valence-corrected chi connectivity index (χ1v) is 9.75. The van der Waals surface area contributed by atoms with Crippen LogP contribution in [0.3, 0.4) is 0 Å². The number of rotatable bonds is 1. The Morgan fingerprint density at radius 1 is 1.31 bits per heavy atom. The number of aryl methyl sites for hydroxylation is 2. The Bertz CT molecular complexity index is 955. The Morgan fingerprint density at radius 2 is 2.08 bits per heavy atom. The van der Waals surface area contributed by atoms with Crippen molar-refractivity contribution in [1.29, 1.82) is 5.26 Å². The fourth-order valence-corrected chi connectivity index (χ4v) is 5.40. The Morgan fingerprint density at radius 3 is 2.73 bits per heavy atom. The van der Waals surface area contributed by atoms with Crippen molar-refractivity contribution in [3.63, 3.8) is 0 Å². The molecular formula is C20H22N4OS. The first-order chi connectivity index (χ1) is 12.3. The van der Waals surface area contributed by atoms with Crippen LogP contribution in [0, 0.1) is 29.6 Å². The standard InChI is InChI=1S/C20H22N4OS/c1-11-23-14(10-26-11)18-22-9-12-5-6-15-19(2,3)17(25)13(8-21)7-20(15,4)16(12)24-18/h7,9-10,15,17,25H,5-6H2,1-4H3/t15-,17?,20-/m0/s1. The lowest BCUT2D eigenvalue weighted by molar-refractivity contribution is -0.0104. The predicted molar refractivity (Wildman–Crippen MR) is 101 cm³/mol. The highest BCUT2D eigenvalue weighted by Crippen LogP contribution is 2.55. The fourth-order valence-electron chi connectivity index (χ4n) is 4.81. The second-order valence-electron chi connectivity index (χ2n) is 8.13. The van der Waals surface area contributed by atoms with E-state index in [1.54, 1.807) is 11.3 Å². The smallest absolute Gasteiger partial charge is 0.179 e. The van der Waals surface area contributed by atoms with E-state index in [1.165, 1.54) is 0 Å². The zero-order valence-electron chi connectivity index (χ0n) is 15.4. The van der Waals surface area contributed by atoms with Gasteiger partial charge in [-0.2, -0.15) is 5.26 Å². The maximum atomic E-state index is 10.7. The van der Waals surface area contributed by atoms with Crippen LogP contribution in [0.4, 0.5) is 0 Å². The molecule has 134 valence electrons. The van der Waals surface area contributed by atoms with Gasteiger partial charge in [0.05, 0.1) is 28.4 Å². The Balaban J connectivity index is 1.92. The average molecular weight is 366 g/mol. The quantitative estimate of drug-likeness (QED) is 0.834. The van der Waals surface area contributed by atoms with Gasteiger partial charge in [-0.25, -0.2) is 15.0 Å². The molecule has 0 spiro atoms. The Labute approximate surface area is 157 Å². The molecule has 2 aliphatic carbocycles. The molecule has 2 aromatic rings. The zero-order valence-corrected chi connectivity index (χ0v) is 16.3. The largest absolute Gasteiger partial charge is 0.387 e. The van der Waals surface area contributed by atoms with Crippen molar-refractivity contribution in [3.8, 4) is 17.6 Å². The number of nitriles is 1. The highest BCUT2D eigenvalue weighted by Gasteiger charge is 2.54. The van der Waals surface area contributed by atoms with Crippen LogP contribution in [0.15, 0.2) is 23.2 Å². The lowest BCUT2D eigenvalue weighted by atomic mass is 9.52. The van der Waals surface area contributed by atoms with Crippen LogP contribution in [0.5, 0.6) is 0 Å². The molecule has 0 aromatic carbocycles. The molecule has 3 atom stereocenters. The van der Waals surface area contributed by atoms with Crippen molar-refractivity contribution in [1.82, 2.24) is 15.0 Å². The molecule has 26 heavy (non-hydrogen) atoms. The third kappa shape index (κ3) is 2.34. The minimum absolute atomic E-state index is 0.203. The topological polar surface area (TPSA) is 82.7 Å². The second kappa shape index (κ2) is 5.70. The van der Waals surface area contributed by atoms with Crippen molar-refractivity contribution in [2.75, 3.05) is 0 Å². The third-order valence-electron chi connectivity index (χ3n) is 6.13. The molecule has 1 unspecified atom stereocenters. The van der Waals surface area contributed by atoms with Gasteiger partial charge < -0.3 is 5.11 Å². The summed E-state index contributed by atoms with van der Waals surface area (Å²) in [6.45, 7) is 8.23. The van der Waals surface area contributed by atoms with E-state index in [0.717, 1.165) is 34.8 Å². The highest BCUT2D eigenvalue weighted by molar-refractivity contribution is 7.09. The molecular weight excluding hydrogens is 344 g/mol. The summed E-state index contributed by atoms with van der Waals surface area (Å²) in [4.78, 5) is 14.0. The van der Waals surface area contributed by atoms with E-state index < -0.39 is 16.9 Å². The van der Waals surface area contributed by atoms with Crippen molar-refractivity contribution < 1.29 is 5.11 Å². The molecule has 0 saturated heterocycles. The average Bonchev–Trinajstić information content (AvgIpc) is 3.04. The lowest BCUT2D eigenvalue weighted by Crippen LogP contribution is -2.53. The predicted octanol–water partition coefficient (Wildman–Crippen LogP) is 3.58. The molecule has 0 radical (unpaired) electrons. The number of aliphatic hydroxyl groups is 1. The van der Waals surface area contributed by atoms with Gasteiger partial charge in [-0.3, -0.25) is 0 Å². The molecule has 5 nitrogen and oxygen atoms in total. The molecule has 0 aliphatic heterocycles. The van der Waals surface area contributed by atoms with Crippen molar-refractivity contribution >= 4 is 11.3 Å². The fraction of sp³-hybridized carbons (Fsp3) is 0.500. The van der Waals surface area contributed by atoms with E-state index in [4.69, 9.17) is 4.98 Å². The van der Waals surface area contributed by atoms with Crippen molar-refractivity contribution in [2.45, 2.75) is 52.1 Å². The van der Waals surface area contributed by atoms with Crippen LogP contribution in [0.25, 0.3) is 11.5 Å². The number of hydrogen-bond donors (Lipinski definition) is 1. The maximum Gasteiger partial charge on any atom is 0.179 e. The molecule has 0 bridgehead atoms. The molecule has 0 amide bonds. The molecule has 2 heterocycles. The summed E-state index contributed by atoms with van der Waals surface area (Å²) in [5, 5.41) is 23.2. The van der Waals surface area contributed by atoms with E-state index in [9.17, 15) is 10.4 Å².